The van der Waals surface area contributed by atoms with Crippen LogP contribution < -0.4 is 14.9 Å². The lowest BCUT2D eigenvalue weighted by molar-refractivity contribution is 0.257. The van der Waals surface area contributed by atoms with Crippen LogP contribution in [-0.2, 0) is 10.0 Å². The van der Waals surface area contributed by atoms with Gasteiger partial charge in [-0.3, -0.25) is 4.90 Å². The molecule has 0 fully saturated rings. The molecular weight excluding hydrogens is 444 g/mol. The molecule has 3 rings (SSSR count). The summed E-state index contributed by atoms with van der Waals surface area (Å²) in [5, 5.41) is 3.26. The number of thiazole rings is 1. The van der Waals surface area contributed by atoms with Gasteiger partial charge in [-0.1, -0.05) is 67.6 Å². The van der Waals surface area contributed by atoms with E-state index in [4.69, 9.17) is 0 Å². The summed E-state index contributed by atoms with van der Waals surface area (Å²) in [6.45, 7) is 6.27. The second kappa shape index (κ2) is 10.7. The van der Waals surface area contributed by atoms with Gasteiger partial charge in [0.2, 0.25) is 0 Å². The molecule has 0 unspecified atom stereocenters. The molecule has 0 saturated carbocycles. The highest BCUT2D eigenvalue weighted by atomic mass is 32.2. The van der Waals surface area contributed by atoms with Gasteiger partial charge in [0.25, 0.3) is 10.0 Å². The van der Waals surface area contributed by atoms with E-state index in [-0.39, 0.29) is 10.2 Å². The number of amides is 2. The van der Waals surface area contributed by atoms with E-state index < -0.39 is 10.0 Å². The van der Waals surface area contributed by atoms with E-state index >= 15 is 0 Å². The number of aromatic nitrogens is 1. The van der Waals surface area contributed by atoms with Crippen LogP contribution in [0.25, 0.3) is 11.1 Å². The van der Waals surface area contributed by atoms with Gasteiger partial charge >= 0.3 is 6.03 Å². The van der Waals surface area contributed by atoms with Crippen LogP contribution in [0, 0.1) is 6.92 Å². The Hall–Kier alpha value is -2.75. The molecule has 7 nitrogen and oxygen atoms in total. The number of urea groups is 1. The molecule has 0 aliphatic heterocycles. The standard InChI is InChI=1S/C23H28N4O3S2/c1-4-15-24-32(29,30)21-17(3)25-23(31-21)27(16-5-2)22(28)26-20-13-11-19(12-14-20)18-9-7-6-8-10-18/h6-14,24H,4-5,15-16H2,1-3H3,(H,26,28). The Balaban J connectivity index is 1.79. The summed E-state index contributed by atoms with van der Waals surface area (Å²) in [4.78, 5) is 18.9. The predicted octanol–water partition coefficient (Wildman–Crippen LogP) is 5.26. The number of hydrogen-bond donors (Lipinski definition) is 2. The zero-order valence-corrected chi connectivity index (χ0v) is 20.1. The molecule has 0 bridgehead atoms. The van der Waals surface area contributed by atoms with E-state index in [1.807, 2.05) is 68.4 Å². The van der Waals surface area contributed by atoms with Crippen LogP contribution in [0.15, 0.2) is 58.8 Å². The first-order chi connectivity index (χ1) is 15.4. The maximum Gasteiger partial charge on any atom is 0.328 e. The van der Waals surface area contributed by atoms with Crippen molar-refractivity contribution in [2.45, 2.75) is 37.8 Å². The minimum Gasteiger partial charge on any atom is -0.307 e. The highest BCUT2D eigenvalue weighted by Gasteiger charge is 2.26. The van der Waals surface area contributed by atoms with E-state index in [0.717, 1.165) is 22.5 Å². The number of nitrogens with zero attached hydrogens (tertiary/aromatic N) is 2. The summed E-state index contributed by atoms with van der Waals surface area (Å²) in [7, 11) is -3.65. The van der Waals surface area contributed by atoms with Crippen LogP contribution in [0.1, 0.15) is 32.4 Å². The molecule has 1 heterocycles. The average molecular weight is 473 g/mol. The minimum atomic E-state index is -3.65. The lowest BCUT2D eigenvalue weighted by Gasteiger charge is -2.19. The molecule has 0 atom stereocenters. The number of carbonyl (C=O) groups excluding carboxylic acids is 1. The van der Waals surface area contributed by atoms with Crippen LogP contribution in [0.5, 0.6) is 0 Å². The third kappa shape index (κ3) is 5.73. The zero-order valence-electron chi connectivity index (χ0n) is 18.5. The molecule has 0 aliphatic rings. The average Bonchev–Trinajstić information content (AvgIpc) is 3.19. The Kier molecular flexibility index (Phi) is 8.00. The van der Waals surface area contributed by atoms with E-state index in [1.54, 1.807) is 6.92 Å². The maximum absolute atomic E-state index is 13.0. The van der Waals surface area contributed by atoms with Gasteiger partial charge in [-0.15, -0.1) is 0 Å². The van der Waals surface area contributed by atoms with Gasteiger partial charge in [0.05, 0.1) is 5.69 Å². The van der Waals surface area contributed by atoms with E-state index in [9.17, 15) is 13.2 Å². The molecule has 0 saturated heterocycles. The van der Waals surface area contributed by atoms with Gasteiger partial charge in [0.1, 0.15) is 0 Å². The van der Waals surface area contributed by atoms with Crippen molar-refractivity contribution in [3.8, 4) is 11.1 Å². The molecule has 2 amide bonds. The number of nitrogens with one attached hydrogen (secondary N) is 2. The van der Waals surface area contributed by atoms with Crippen LogP contribution in [-0.4, -0.2) is 32.5 Å². The molecule has 0 aliphatic carbocycles. The van der Waals surface area contributed by atoms with Crippen molar-refractivity contribution in [1.29, 1.82) is 0 Å². The molecule has 2 N–H and O–H groups in total. The number of anilines is 2. The summed E-state index contributed by atoms with van der Waals surface area (Å²) < 4.78 is 27.8. The Morgan fingerprint density at radius 1 is 1.00 bits per heavy atom. The lowest BCUT2D eigenvalue weighted by Crippen LogP contribution is -2.35. The van der Waals surface area contributed by atoms with Crippen molar-refractivity contribution < 1.29 is 13.2 Å². The van der Waals surface area contributed by atoms with E-state index in [2.05, 4.69) is 15.0 Å². The largest absolute Gasteiger partial charge is 0.328 e. The monoisotopic (exact) mass is 472 g/mol. The van der Waals surface area contributed by atoms with Gasteiger partial charge in [-0.2, -0.15) is 0 Å². The number of aryl methyl sites for hydroxylation is 1. The minimum absolute atomic E-state index is 0.141. The van der Waals surface area contributed by atoms with Gasteiger partial charge in [-0.05, 0) is 43.0 Å². The van der Waals surface area contributed by atoms with Crippen molar-refractivity contribution in [3.05, 3.63) is 60.3 Å². The number of hydrogen-bond acceptors (Lipinski definition) is 5. The summed E-state index contributed by atoms with van der Waals surface area (Å²) in [6, 6.07) is 17.2. The third-order valence-electron chi connectivity index (χ3n) is 4.70. The Bertz CT molecular complexity index is 1140. The molecule has 0 spiro atoms. The van der Waals surface area contributed by atoms with Gasteiger partial charge in [0.15, 0.2) is 9.34 Å². The van der Waals surface area contributed by atoms with Crippen LogP contribution in [0.2, 0.25) is 0 Å². The second-order valence-corrected chi connectivity index (χ2v) is 10.2. The van der Waals surface area contributed by atoms with Gasteiger partial charge < -0.3 is 5.32 Å². The van der Waals surface area contributed by atoms with Crippen LogP contribution >= 0.6 is 11.3 Å². The topological polar surface area (TPSA) is 91.4 Å². The molecule has 0 radical (unpaired) electrons. The SMILES string of the molecule is CCCNS(=O)(=O)c1sc(N(CCC)C(=O)Nc2ccc(-c3ccccc3)cc2)nc1C. The zero-order chi connectivity index (χ0) is 23.1. The van der Waals surface area contributed by atoms with E-state index in [0.29, 0.717) is 42.4 Å². The molecular formula is C23H28N4O3S2. The van der Waals surface area contributed by atoms with Gasteiger partial charge in [0, 0.05) is 18.8 Å². The summed E-state index contributed by atoms with van der Waals surface area (Å²) >= 11 is 1.01. The quantitative estimate of drug-likeness (QED) is 0.445. The molecule has 9 heteroatoms. The summed E-state index contributed by atoms with van der Waals surface area (Å²) in [6.07, 6.45) is 1.40. The fourth-order valence-corrected chi connectivity index (χ4v) is 5.81. The first-order valence-corrected chi connectivity index (χ1v) is 12.9. The van der Waals surface area contributed by atoms with Crippen molar-refractivity contribution in [1.82, 2.24) is 9.71 Å². The normalized spacial score (nSPS) is 11.3. The number of carbonyl (C=O) groups is 1. The smallest absolute Gasteiger partial charge is 0.307 e. The molecule has 3 aromatic rings. The first-order valence-electron chi connectivity index (χ1n) is 10.6. The Morgan fingerprint density at radius 2 is 1.66 bits per heavy atom. The molecule has 32 heavy (non-hydrogen) atoms. The predicted molar refractivity (Wildman–Crippen MR) is 131 cm³/mol. The van der Waals surface area contributed by atoms with E-state index in [1.165, 1.54) is 4.90 Å². The highest BCUT2D eigenvalue weighted by Crippen LogP contribution is 2.30. The Labute approximate surface area is 193 Å². The third-order valence-corrected chi connectivity index (χ3v) is 7.95. The molecule has 2 aromatic carbocycles. The highest BCUT2D eigenvalue weighted by molar-refractivity contribution is 7.91. The first kappa shape index (κ1) is 23.9. The molecule has 1 aromatic heterocycles. The maximum atomic E-state index is 13.0. The number of sulfonamides is 1. The van der Waals surface area contributed by atoms with Crippen molar-refractivity contribution in [3.63, 3.8) is 0 Å². The van der Waals surface area contributed by atoms with Gasteiger partial charge in [-0.25, -0.2) is 22.9 Å². The van der Waals surface area contributed by atoms with Crippen molar-refractivity contribution >= 4 is 38.2 Å². The fourth-order valence-electron chi connectivity index (χ4n) is 3.11. The van der Waals surface area contributed by atoms with Crippen LogP contribution in [0.4, 0.5) is 15.6 Å². The number of rotatable bonds is 9. The number of benzene rings is 2. The van der Waals surface area contributed by atoms with Crippen molar-refractivity contribution in [2.75, 3.05) is 23.3 Å². The van der Waals surface area contributed by atoms with Crippen LogP contribution in [0.3, 0.4) is 0 Å². The van der Waals surface area contributed by atoms with Crippen molar-refractivity contribution in [2.24, 2.45) is 0 Å². The Morgan fingerprint density at radius 3 is 2.28 bits per heavy atom. The second-order valence-electron chi connectivity index (χ2n) is 7.29. The lowest BCUT2D eigenvalue weighted by atomic mass is 10.1. The fraction of sp³-hybridized carbons (Fsp3) is 0.304. The summed E-state index contributed by atoms with van der Waals surface area (Å²) in [5.74, 6) is 0. The summed E-state index contributed by atoms with van der Waals surface area (Å²) in [5.41, 5.74) is 3.19. The molecule has 170 valence electrons.